The van der Waals surface area contributed by atoms with Gasteiger partial charge in [-0.05, 0) is 49.7 Å². The van der Waals surface area contributed by atoms with Crippen molar-refractivity contribution in [3.63, 3.8) is 0 Å². The van der Waals surface area contributed by atoms with Crippen LogP contribution in [-0.2, 0) is 13.5 Å². The van der Waals surface area contributed by atoms with Crippen LogP contribution in [0.1, 0.15) is 30.7 Å². The lowest BCUT2D eigenvalue weighted by molar-refractivity contribution is 0.402. The number of aryl methyl sites for hydroxylation is 2. The second-order valence-electron chi connectivity index (χ2n) is 5.16. The van der Waals surface area contributed by atoms with Crippen molar-refractivity contribution < 1.29 is 0 Å². The van der Waals surface area contributed by atoms with E-state index >= 15 is 0 Å². The quantitative estimate of drug-likeness (QED) is 0.894. The summed E-state index contributed by atoms with van der Waals surface area (Å²) in [5.74, 6) is 3.49. The molecule has 1 aromatic rings. The lowest BCUT2D eigenvalue weighted by Crippen LogP contribution is -2.28. The molecule has 4 heteroatoms. The predicted octanol–water partition coefficient (Wildman–Crippen LogP) is 2.13. The third-order valence-corrected chi connectivity index (χ3v) is 4.60. The van der Waals surface area contributed by atoms with Crippen LogP contribution < -0.4 is 5.73 Å². The van der Waals surface area contributed by atoms with E-state index in [0.717, 1.165) is 18.0 Å². The highest BCUT2D eigenvalue weighted by molar-refractivity contribution is 7.99. The van der Waals surface area contributed by atoms with Crippen LogP contribution in [0.3, 0.4) is 0 Å². The van der Waals surface area contributed by atoms with Crippen molar-refractivity contribution in [1.29, 1.82) is 0 Å². The normalized spacial score (nSPS) is 19.5. The highest BCUT2D eigenvalue weighted by Crippen LogP contribution is 2.26. The average molecular weight is 253 g/mol. The lowest BCUT2D eigenvalue weighted by Gasteiger charge is -2.24. The van der Waals surface area contributed by atoms with Gasteiger partial charge in [0, 0.05) is 25.2 Å². The van der Waals surface area contributed by atoms with Crippen LogP contribution in [-0.4, -0.2) is 27.3 Å². The second kappa shape index (κ2) is 5.91. The van der Waals surface area contributed by atoms with Gasteiger partial charge < -0.3 is 5.73 Å². The van der Waals surface area contributed by atoms with Gasteiger partial charge in [-0.25, -0.2) is 0 Å². The topological polar surface area (TPSA) is 43.8 Å². The molecule has 0 saturated carbocycles. The summed E-state index contributed by atoms with van der Waals surface area (Å²) in [7, 11) is 2.01. The van der Waals surface area contributed by atoms with Crippen molar-refractivity contribution >= 4 is 11.8 Å². The van der Waals surface area contributed by atoms with Crippen LogP contribution in [0.15, 0.2) is 6.07 Å². The summed E-state index contributed by atoms with van der Waals surface area (Å²) in [4.78, 5) is 0. The van der Waals surface area contributed by atoms with E-state index in [2.05, 4.69) is 22.9 Å². The molecule has 1 aromatic heterocycles. The number of nitrogens with two attached hydrogens (primary N) is 1. The van der Waals surface area contributed by atoms with Crippen LogP contribution in [0.2, 0.25) is 0 Å². The van der Waals surface area contributed by atoms with Crippen LogP contribution in [0.25, 0.3) is 0 Å². The largest absolute Gasteiger partial charge is 0.327 e. The summed E-state index contributed by atoms with van der Waals surface area (Å²) in [5, 5.41) is 4.37. The molecule has 1 unspecified atom stereocenters. The van der Waals surface area contributed by atoms with E-state index in [0.29, 0.717) is 0 Å². The fraction of sp³-hybridized carbons (Fsp3) is 0.769. The molecule has 1 aliphatic rings. The Labute approximate surface area is 108 Å². The van der Waals surface area contributed by atoms with E-state index in [9.17, 15) is 0 Å². The van der Waals surface area contributed by atoms with Crippen molar-refractivity contribution in [3.05, 3.63) is 17.5 Å². The molecule has 0 aliphatic carbocycles. The smallest absolute Gasteiger partial charge is 0.0596 e. The first kappa shape index (κ1) is 13.0. The van der Waals surface area contributed by atoms with Crippen LogP contribution in [0.4, 0.5) is 0 Å². The van der Waals surface area contributed by atoms with E-state index in [1.165, 1.54) is 36.5 Å². The summed E-state index contributed by atoms with van der Waals surface area (Å²) in [6.07, 6.45) is 4.83. The number of aromatic nitrogens is 2. The Hall–Kier alpha value is -0.480. The summed E-state index contributed by atoms with van der Waals surface area (Å²) >= 11 is 2.08. The molecule has 0 aromatic carbocycles. The lowest BCUT2D eigenvalue weighted by atomic mass is 9.92. The molecule has 1 aliphatic heterocycles. The average Bonchev–Trinajstić information content (AvgIpc) is 2.58. The summed E-state index contributed by atoms with van der Waals surface area (Å²) in [6, 6.07) is 2.44. The molecule has 1 fully saturated rings. The third kappa shape index (κ3) is 3.75. The van der Waals surface area contributed by atoms with E-state index < -0.39 is 0 Å². The number of hydrogen-bond acceptors (Lipinski definition) is 3. The van der Waals surface area contributed by atoms with Gasteiger partial charge in [0.25, 0.3) is 0 Å². The highest BCUT2D eigenvalue weighted by Gasteiger charge is 2.18. The molecule has 2 heterocycles. The Morgan fingerprint density at radius 1 is 1.53 bits per heavy atom. The van der Waals surface area contributed by atoms with Gasteiger partial charge in [-0.2, -0.15) is 16.9 Å². The van der Waals surface area contributed by atoms with Crippen molar-refractivity contribution in [2.45, 2.75) is 38.6 Å². The van der Waals surface area contributed by atoms with E-state index in [-0.39, 0.29) is 6.04 Å². The number of rotatable bonds is 4. The fourth-order valence-electron chi connectivity index (χ4n) is 2.62. The Bertz CT molecular complexity index is 356. The second-order valence-corrected chi connectivity index (χ2v) is 6.38. The summed E-state index contributed by atoms with van der Waals surface area (Å²) in [6.45, 7) is 2.04. The van der Waals surface area contributed by atoms with Gasteiger partial charge in [0.2, 0.25) is 0 Å². The summed E-state index contributed by atoms with van der Waals surface area (Å²) in [5.41, 5.74) is 8.62. The molecule has 0 radical (unpaired) electrons. The van der Waals surface area contributed by atoms with Crippen LogP contribution in [0, 0.1) is 12.8 Å². The van der Waals surface area contributed by atoms with E-state index in [1.54, 1.807) is 0 Å². The summed E-state index contributed by atoms with van der Waals surface area (Å²) < 4.78 is 1.96. The first-order chi connectivity index (χ1) is 8.15. The molecule has 2 rings (SSSR count). The van der Waals surface area contributed by atoms with Gasteiger partial charge in [-0.15, -0.1) is 0 Å². The van der Waals surface area contributed by atoms with Gasteiger partial charge in [0.1, 0.15) is 0 Å². The molecule has 1 saturated heterocycles. The van der Waals surface area contributed by atoms with Gasteiger partial charge in [0.05, 0.1) is 5.69 Å². The SMILES string of the molecule is Cc1cc(CC(N)CC2CCSCC2)n(C)n1. The maximum Gasteiger partial charge on any atom is 0.0596 e. The minimum absolute atomic E-state index is 0.290. The monoisotopic (exact) mass is 253 g/mol. The molecule has 1 atom stereocenters. The molecule has 96 valence electrons. The number of thioether (sulfide) groups is 1. The first-order valence-corrected chi connectivity index (χ1v) is 7.63. The Morgan fingerprint density at radius 2 is 2.24 bits per heavy atom. The van der Waals surface area contributed by atoms with Crippen molar-refractivity contribution in [3.8, 4) is 0 Å². The standard InChI is InChI=1S/C13H23N3S/c1-10-7-13(16(2)15-10)9-12(14)8-11-3-5-17-6-4-11/h7,11-12H,3-6,8-9,14H2,1-2H3. The van der Waals surface area contributed by atoms with E-state index in [1.807, 2.05) is 18.7 Å². The molecular formula is C13H23N3S. The van der Waals surface area contributed by atoms with Crippen molar-refractivity contribution in [2.24, 2.45) is 18.7 Å². The van der Waals surface area contributed by atoms with Gasteiger partial charge in [-0.1, -0.05) is 0 Å². The maximum absolute atomic E-state index is 6.27. The Kier molecular flexibility index (Phi) is 4.51. The van der Waals surface area contributed by atoms with E-state index in [4.69, 9.17) is 5.73 Å². The minimum Gasteiger partial charge on any atom is -0.327 e. The van der Waals surface area contributed by atoms with Gasteiger partial charge >= 0.3 is 0 Å². The van der Waals surface area contributed by atoms with Crippen molar-refractivity contribution in [2.75, 3.05) is 11.5 Å². The van der Waals surface area contributed by atoms with Gasteiger partial charge in [-0.3, -0.25) is 4.68 Å². The highest BCUT2D eigenvalue weighted by atomic mass is 32.2. The molecule has 0 bridgehead atoms. The zero-order valence-electron chi connectivity index (χ0n) is 10.9. The predicted molar refractivity (Wildman–Crippen MR) is 74.3 cm³/mol. The number of nitrogens with zero attached hydrogens (tertiary/aromatic N) is 2. The third-order valence-electron chi connectivity index (χ3n) is 3.55. The van der Waals surface area contributed by atoms with Crippen molar-refractivity contribution in [1.82, 2.24) is 9.78 Å². The fourth-order valence-corrected chi connectivity index (χ4v) is 3.82. The first-order valence-electron chi connectivity index (χ1n) is 6.48. The molecule has 0 spiro atoms. The minimum atomic E-state index is 0.290. The molecule has 3 nitrogen and oxygen atoms in total. The maximum atomic E-state index is 6.27. The molecular weight excluding hydrogens is 230 g/mol. The van der Waals surface area contributed by atoms with Crippen LogP contribution >= 0.6 is 11.8 Å². The van der Waals surface area contributed by atoms with Crippen LogP contribution in [0.5, 0.6) is 0 Å². The Morgan fingerprint density at radius 3 is 2.82 bits per heavy atom. The molecule has 2 N–H and O–H groups in total. The van der Waals surface area contributed by atoms with Gasteiger partial charge in [0.15, 0.2) is 0 Å². The molecule has 17 heavy (non-hydrogen) atoms. The zero-order valence-corrected chi connectivity index (χ0v) is 11.7. The zero-order chi connectivity index (χ0) is 12.3. The molecule has 0 amide bonds. The number of hydrogen-bond donors (Lipinski definition) is 1. The Balaban J connectivity index is 1.83.